The van der Waals surface area contributed by atoms with Crippen molar-refractivity contribution in [3.63, 3.8) is 0 Å². The minimum Gasteiger partial charge on any atom is -0.305 e. The van der Waals surface area contributed by atoms with Crippen LogP contribution >= 0.6 is 15.3 Å². The largest absolute Gasteiger partial charge is 0.345 e. The molecule has 222 valence electrons. The van der Waals surface area contributed by atoms with Gasteiger partial charge in [-0.25, -0.2) is 18.7 Å². The number of hydrogen-bond acceptors (Lipinski definition) is 4. The van der Waals surface area contributed by atoms with Gasteiger partial charge in [-0.1, -0.05) is 44.1 Å². The van der Waals surface area contributed by atoms with E-state index >= 15 is 0 Å². The van der Waals surface area contributed by atoms with Gasteiger partial charge in [0.25, 0.3) is 0 Å². The standard InChI is InChI=1S/C28H56N4O4P2/c1-23(18-21-35-37(33,29(5)6)30(7)8)17-20-28(4)24(2)15-16-25-26(28)14-13-19-27(25,3)22-36-38(34,31(9)10)32(11)12/h14,18,24-25H,13,15-17,19-22H2,1-12H3/b23-18+/t24-,25+,27-,28+/m1/s1. The third-order valence-electron chi connectivity index (χ3n) is 9.23. The van der Waals surface area contributed by atoms with Gasteiger partial charge in [0.1, 0.15) is 0 Å². The zero-order valence-electron chi connectivity index (χ0n) is 26.3. The van der Waals surface area contributed by atoms with Crippen LogP contribution in [-0.2, 0) is 18.2 Å². The molecule has 8 nitrogen and oxygen atoms in total. The van der Waals surface area contributed by atoms with E-state index in [1.54, 1.807) is 52.4 Å². The molecular weight excluding hydrogens is 518 g/mol. The molecular formula is C28H56N4O4P2. The molecule has 2 rings (SSSR count). The van der Waals surface area contributed by atoms with Crippen LogP contribution in [-0.4, -0.2) is 88.3 Å². The highest BCUT2D eigenvalue weighted by Gasteiger charge is 2.50. The van der Waals surface area contributed by atoms with Crippen LogP contribution < -0.4 is 0 Å². The first-order valence-corrected chi connectivity index (χ1v) is 17.1. The second kappa shape index (κ2) is 13.1. The van der Waals surface area contributed by atoms with E-state index in [0.717, 1.165) is 32.1 Å². The number of fused-ring (bicyclic) bond motifs is 1. The summed E-state index contributed by atoms with van der Waals surface area (Å²) in [7, 11) is 8.46. The summed E-state index contributed by atoms with van der Waals surface area (Å²) in [5, 5.41) is 0. The maximum Gasteiger partial charge on any atom is 0.345 e. The monoisotopic (exact) mass is 574 g/mol. The smallest absolute Gasteiger partial charge is 0.305 e. The minimum absolute atomic E-state index is 0.0363. The molecule has 10 heteroatoms. The highest BCUT2D eigenvalue weighted by Crippen LogP contribution is 2.60. The molecule has 0 radical (unpaired) electrons. The van der Waals surface area contributed by atoms with Gasteiger partial charge in [0.15, 0.2) is 0 Å². The van der Waals surface area contributed by atoms with Gasteiger partial charge in [0.05, 0.1) is 13.2 Å². The second-order valence-corrected chi connectivity index (χ2v) is 18.5. The van der Waals surface area contributed by atoms with E-state index in [-0.39, 0.29) is 10.8 Å². The SMILES string of the molecule is C/C(=C\COP(=O)(N(C)C)N(C)C)CC[C@]1(C)C2=CCC[C@](C)(COP(=O)(N(C)C)N(C)C)[C@H]2CC[C@H]1C. The van der Waals surface area contributed by atoms with Crippen molar-refractivity contribution in [1.29, 1.82) is 0 Å². The van der Waals surface area contributed by atoms with Crippen molar-refractivity contribution in [3.8, 4) is 0 Å². The quantitative estimate of drug-likeness (QED) is 0.172. The lowest BCUT2D eigenvalue weighted by Gasteiger charge is -2.54. The molecule has 0 unspecified atom stereocenters. The van der Waals surface area contributed by atoms with E-state index in [4.69, 9.17) is 9.05 Å². The summed E-state index contributed by atoms with van der Waals surface area (Å²) in [6.45, 7) is 10.2. The molecule has 0 saturated heterocycles. The van der Waals surface area contributed by atoms with Crippen LogP contribution in [0.15, 0.2) is 23.3 Å². The van der Waals surface area contributed by atoms with Crippen LogP contribution in [0.2, 0.25) is 0 Å². The third-order valence-corrected chi connectivity index (χ3v) is 14.2. The molecule has 0 heterocycles. The van der Waals surface area contributed by atoms with Crippen molar-refractivity contribution < 1.29 is 18.2 Å². The summed E-state index contributed by atoms with van der Waals surface area (Å²) in [4.78, 5) is 0. The van der Waals surface area contributed by atoms with E-state index < -0.39 is 15.3 Å². The predicted octanol–water partition coefficient (Wildman–Crippen LogP) is 6.99. The zero-order valence-corrected chi connectivity index (χ0v) is 28.1. The molecule has 2 aliphatic carbocycles. The van der Waals surface area contributed by atoms with Gasteiger partial charge < -0.3 is 9.05 Å². The van der Waals surface area contributed by atoms with Crippen molar-refractivity contribution in [1.82, 2.24) is 18.7 Å². The Morgan fingerprint density at radius 1 is 0.947 bits per heavy atom. The van der Waals surface area contributed by atoms with Crippen molar-refractivity contribution in [2.24, 2.45) is 22.7 Å². The molecule has 4 atom stereocenters. The Morgan fingerprint density at radius 3 is 2.00 bits per heavy atom. The molecule has 0 bridgehead atoms. The number of nitrogens with zero attached hydrogens (tertiary/aromatic N) is 4. The van der Waals surface area contributed by atoms with Crippen LogP contribution in [0.5, 0.6) is 0 Å². The lowest BCUT2D eigenvalue weighted by molar-refractivity contribution is 0.0304. The molecule has 0 amide bonds. The minimum atomic E-state index is -3.02. The van der Waals surface area contributed by atoms with Crippen molar-refractivity contribution >= 4 is 15.3 Å². The molecule has 0 N–H and O–H groups in total. The molecule has 0 aromatic heterocycles. The first-order chi connectivity index (χ1) is 17.4. The fourth-order valence-corrected chi connectivity index (χ4v) is 9.30. The summed E-state index contributed by atoms with van der Waals surface area (Å²) < 4.78 is 45.4. The van der Waals surface area contributed by atoms with E-state index in [1.165, 1.54) is 12.0 Å². The molecule has 2 aliphatic rings. The molecule has 38 heavy (non-hydrogen) atoms. The van der Waals surface area contributed by atoms with Crippen molar-refractivity contribution in [2.75, 3.05) is 69.6 Å². The predicted molar refractivity (Wildman–Crippen MR) is 160 cm³/mol. The fourth-order valence-electron chi connectivity index (χ4n) is 6.21. The van der Waals surface area contributed by atoms with Crippen LogP contribution in [0.25, 0.3) is 0 Å². The first-order valence-electron chi connectivity index (χ1n) is 14.0. The third kappa shape index (κ3) is 7.12. The van der Waals surface area contributed by atoms with Gasteiger partial charge in [0.2, 0.25) is 0 Å². The summed E-state index contributed by atoms with van der Waals surface area (Å²) in [5.74, 6) is 1.03. The van der Waals surface area contributed by atoms with E-state index in [9.17, 15) is 9.13 Å². The fraction of sp³-hybridized carbons (Fsp3) is 0.857. The summed E-state index contributed by atoms with van der Waals surface area (Å²) >= 11 is 0. The van der Waals surface area contributed by atoms with Crippen LogP contribution in [0.1, 0.15) is 66.2 Å². The summed E-state index contributed by atoms with van der Waals surface area (Å²) in [6.07, 6.45) is 11.1. The van der Waals surface area contributed by atoms with Crippen LogP contribution in [0, 0.1) is 22.7 Å². The van der Waals surface area contributed by atoms with Crippen LogP contribution in [0.3, 0.4) is 0 Å². The number of allylic oxidation sites excluding steroid dienone is 3. The number of hydrogen-bond donors (Lipinski definition) is 0. The lowest BCUT2D eigenvalue weighted by Crippen LogP contribution is -2.46. The van der Waals surface area contributed by atoms with Crippen molar-refractivity contribution in [3.05, 3.63) is 23.3 Å². The first kappa shape index (κ1) is 33.9. The second-order valence-electron chi connectivity index (χ2n) is 12.8. The normalized spacial score (nSPS) is 29.4. The lowest BCUT2D eigenvalue weighted by atomic mass is 9.51. The maximum atomic E-state index is 13.5. The Balaban J connectivity index is 2.15. The highest BCUT2D eigenvalue weighted by atomic mass is 31.2. The molecule has 0 aromatic rings. The van der Waals surface area contributed by atoms with Crippen molar-refractivity contribution in [2.45, 2.75) is 66.2 Å². The molecule has 0 aromatic carbocycles. The topological polar surface area (TPSA) is 65.6 Å². The number of rotatable bonds is 13. The van der Waals surface area contributed by atoms with Gasteiger partial charge in [-0.2, -0.15) is 0 Å². The Kier molecular flexibility index (Phi) is 11.7. The Labute approximate surface area is 233 Å². The molecule has 1 fully saturated rings. The van der Waals surface area contributed by atoms with E-state index in [0.29, 0.717) is 25.0 Å². The Morgan fingerprint density at radius 2 is 1.47 bits per heavy atom. The Hall–Kier alpha value is -0.300. The molecule has 0 aliphatic heterocycles. The van der Waals surface area contributed by atoms with Gasteiger partial charge in [-0.15, -0.1) is 0 Å². The highest BCUT2D eigenvalue weighted by molar-refractivity contribution is 7.54. The van der Waals surface area contributed by atoms with Crippen LogP contribution in [0.4, 0.5) is 0 Å². The van der Waals surface area contributed by atoms with Gasteiger partial charge in [0, 0.05) is 0 Å². The van der Waals surface area contributed by atoms with Gasteiger partial charge in [-0.3, -0.25) is 9.13 Å². The van der Waals surface area contributed by atoms with Gasteiger partial charge in [-0.05, 0) is 124 Å². The van der Waals surface area contributed by atoms with E-state index in [2.05, 4.69) is 39.8 Å². The van der Waals surface area contributed by atoms with Gasteiger partial charge >= 0.3 is 15.3 Å². The average Bonchev–Trinajstić information content (AvgIpc) is 2.83. The average molecular weight is 575 g/mol. The summed E-state index contributed by atoms with van der Waals surface area (Å²) in [6, 6.07) is 0. The molecule has 0 spiro atoms. The maximum absolute atomic E-state index is 13.5. The summed E-state index contributed by atoms with van der Waals surface area (Å²) in [5.41, 5.74) is 2.92. The van der Waals surface area contributed by atoms with E-state index in [1.807, 2.05) is 28.2 Å². The Bertz CT molecular complexity index is 941. The zero-order chi connectivity index (χ0) is 29.1. The molecule has 1 saturated carbocycles.